The summed E-state index contributed by atoms with van der Waals surface area (Å²) in [5.74, 6) is 0.233. The monoisotopic (exact) mass is 150 g/mol. The lowest BCUT2D eigenvalue weighted by Crippen LogP contribution is -2.10. The van der Waals surface area contributed by atoms with E-state index >= 15 is 0 Å². The molecule has 1 aromatic carbocycles. The summed E-state index contributed by atoms with van der Waals surface area (Å²) < 4.78 is 0. The van der Waals surface area contributed by atoms with Crippen molar-refractivity contribution < 1.29 is 5.11 Å². The molecule has 60 valence electrons. The Morgan fingerprint density at radius 2 is 1.64 bits per heavy atom. The van der Waals surface area contributed by atoms with Crippen molar-refractivity contribution in [1.82, 2.24) is 0 Å². The molecule has 1 aromatic rings. The second kappa shape index (κ2) is 3.54. The molecule has 1 rings (SSSR count). The van der Waals surface area contributed by atoms with Crippen molar-refractivity contribution in [2.75, 3.05) is 0 Å². The summed E-state index contributed by atoms with van der Waals surface area (Å²) in [7, 11) is 0. The first-order chi connectivity index (χ1) is 5.22. The Hall–Kier alpha value is -0.820. The largest absolute Gasteiger partial charge is 0.393 e. The smallest absolute Gasteiger partial charge is 0.0577 e. The van der Waals surface area contributed by atoms with Crippen LogP contribution in [-0.4, -0.2) is 11.2 Å². The third-order valence-electron chi connectivity index (χ3n) is 2.05. The minimum absolute atomic E-state index is 0.233. The molecule has 11 heavy (non-hydrogen) atoms. The van der Waals surface area contributed by atoms with Gasteiger partial charge in [0, 0.05) is 5.92 Å². The van der Waals surface area contributed by atoms with Gasteiger partial charge < -0.3 is 5.11 Å². The van der Waals surface area contributed by atoms with Gasteiger partial charge >= 0.3 is 0 Å². The number of aliphatic hydroxyl groups is 1. The van der Waals surface area contributed by atoms with E-state index in [1.165, 1.54) is 5.56 Å². The molecule has 1 heteroatoms. The van der Waals surface area contributed by atoms with Crippen molar-refractivity contribution in [1.29, 1.82) is 0 Å². The molecule has 1 N–H and O–H groups in total. The van der Waals surface area contributed by atoms with Crippen LogP contribution in [0.3, 0.4) is 0 Å². The van der Waals surface area contributed by atoms with E-state index in [2.05, 4.69) is 0 Å². The molecule has 2 atom stereocenters. The van der Waals surface area contributed by atoms with E-state index in [1.54, 1.807) is 0 Å². The molecule has 0 spiro atoms. The summed E-state index contributed by atoms with van der Waals surface area (Å²) in [5, 5.41) is 9.27. The van der Waals surface area contributed by atoms with Gasteiger partial charge in [-0.15, -0.1) is 0 Å². The van der Waals surface area contributed by atoms with Crippen molar-refractivity contribution in [3.05, 3.63) is 35.9 Å². The van der Waals surface area contributed by atoms with Crippen LogP contribution in [0.2, 0.25) is 0 Å². The maximum Gasteiger partial charge on any atom is 0.0577 e. The van der Waals surface area contributed by atoms with Gasteiger partial charge in [-0.2, -0.15) is 0 Å². The van der Waals surface area contributed by atoms with E-state index in [4.69, 9.17) is 0 Å². The van der Waals surface area contributed by atoms with Crippen LogP contribution in [0.1, 0.15) is 25.3 Å². The maximum absolute atomic E-state index is 9.27. The molecule has 0 bridgehead atoms. The lowest BCUT2D eigenvalue weighted by atomic mass is 9.97. The molecule has 0 aliphatic carbocycles. The van der Waals surface area contributed by atoms with Gasteiger partial charge in [-0.05, 0) is 12.5 Å². The van der Waals surface area contributed by atoms with Gasteiger partial charge in [0.1, 0.15) is 0 Å². The molecule has 0 radical (unpaired) electrons. The highest BCUT2D eigenvalue weighted by atomic mass is 16.3. The van der Waals surface area contributed by atoms with Crippen LogP contribution in [0.5, 0.6) is 0 Å². The predicted octanol–water partition coefficient (Wildman–Crippen LogP) is 2.17. The fourth-order valence-corrected chi connectivity index (χ4v) is 1.04. The van der Waals surface area contributed by atoms with E-state index in [0.717, 1.165) is 0 Å². The normalized spacial score (nSPS) is 15.9. The summed E-state index contributed by atoms with van der Waals surface area (Å²) in [6.07, 6.45) is -0.266. The molecule has 0 aliphatic rings. The van der Waals surface area contributed by atoms with E-state index < -0.39 is 0 Å². The highest BCUT2D eigenvalue weighted by Gasteiger charge is 2.09. The van der Waals surface area contributed by atoms with Crippen LogP contribution >= 0.6 is 0 Å². The van der Waals surface area contributed by atoms with Crippen molar-refractivity contribution in [2.24, 2.45) is 0 Å². The molecule has 0 amide bonds. The number of rotatable bonds is 2. The molecule has 0 saturated carbocycles. The zero-order valence-electron chi connectivity index (χ0n) is 6.99. The van der Waals surface area contributed by atoms with E-state index in [0.29, 0.717) is 0 Å². The first-order valence-electron chi connectivity index (χ1n) is 3.95. The average molecular weight is 150 g/mol. The van der Waals surface area contributed by atoms with Gasteiger partial charge in [-0.25, -0.2) is 0 Å². The van der Waals surface area contributed by atoms with Gasteiger partial charge in [-0.3, -0.25) is 0 Å². The Kier molecular flexibility index (Phi) is 2.66. The van der Waals surface area contributed by atoms with Gasteiger partial charge in [0.15, 0.2) is 0 Å². The highest BCUT2D eigenvalue weighted by molar-refractivity contribution is 5.19. The number of benzene rings is 1. The van der Waals surface area contributed by atoms with E-state index in [-0.39, 0.29) is 12.0 Å². The van der Waals surface area contributed by atoms with Gasteiger partial charge in [0.2, 0.25) is 0 Å². The standard InChI is InChI=1S/C10H14O/c1-8(9(2)11)10-6-4-3-5-7-10/h3-9,11H,1-2H3/t8-,9?/m0/s1. The SMILES string of the molecule is CC(O)[C@H](C)c1ccccc1. The van der Waals surface area contributed by atoms with Crippen molar-refractivity contribution in [3.8, 4) is 0 Å². The lowest BCUT2D eigenvalue weighted by Gasteiger charge is -2.14. The Balaban J connectivity index is 2.77. The van der Waals surface area contributed by atoms with Crippen molar-refractivity contribution in [3.63, 3.8) is 0 Å². The number of hydrogen-bond donors (Lipinski definition) is 1. The molecule has 0 fully saturated rings. The van der Waals surface area contributed by atoms with Crippen LogP contribution in [0.15, 0.2) is 30.3 Å². The Bertz CT molecular complexity index is 203. The summed E-state index contributed by atoms with van der Waals surface area (Å²) in [4.78, 5) is 0. The Morgan fingerprint density at radius 1 is 1.09 bits per heavy atom. The first kappa shape index (κ1) is 8.28. The highest BCUT2D eigenvalue weighted by Crippen LogP contribution is 2.17. The molecule has 1 unspecified atom stereocenters. The van der Waals surface area contributed by atoms with E-state index in [1.807, 2.05) is 44.2 Å². The second-order valence-electron chi connectivity index (χ2n) is 2.94. The maximum atomic E-state index is 9.27. The van der Waals surface area contributed by atoms with Crippen molar-refractivity contribution >= 4 is 0 Å². The minimum atomic E-state index is -0.266. The summed E-state index contributed by atoms with van der Waals surface area (Å²) in [5.41, 5.74) is 1.20. The van der Waals surface area contributed by atoms with E-state index in [9.17, 15) is 5.11 Å². The fraction of sp³-hybridized carbons (Fsp3) is 0.400. The molecule has 0 aliphatic heterocycles. The van der Waals surface area contributed by atoms with Crippen LogP contribution in [0, 0.1) is 0 Å². The van der Waals surface area contributed by atoms with Gasteiger partial charge in [0.25, 0.3) is 0 Å². The third-order valence-corrected chi connectivity index (χ3v) is 2.05. The summed E-state index contributed by atoms with van der Waals surface area (Å²) in [6.45, 7) is 3.84. The first-order valence-corrected chi connectivity index (χ1v) is 3.95. The van der Waals surface area contributed by atoms with Crippen molar-refractivity contribution in [2.45, 2.75) is 25.9 Å². The number of aliphatic hydroxyl groups excluding tert-OH is 1. The quantitative estimate of drug-likeness (QED) is 0.685. The predicted molar refractivity (Wildman–Crippen MR) is 46.5 cm³/mol. The fourth-order valence-electron chi connectivity index (χ4n) is 1.04. The minimum Gasteiger partial charge on any atom is -0.393 e. The van der Waals surface area contributed by atoms with Crippen LogP contribution in [0.25, 0.3) is 0 Å². The molecule has 0 aromatic heterocycles. The third kappa shape index (κ3) is 2.05. The zero-order chi connectivity index (χ0) is 8.27. The summed E-state index contributed by atoms with van der Waals surface area (Å²) >= 11 is 0. The number of hydrogen-bond acceptors (Lipinski definition) is 1. The van der Waals surface area contributed by atoms with Crippen LogP contribution < -0.4 is 0 Å². The van der Waals surface area contributed by atoms with Gasteiger partial charge in [-0.1, -0.05) is 37.3 Å². The molecular formula is C10H14O. The lowest BCUT2D eigenvalue weighted by molar-refractivity contribution is 0.169. The molecular weight excluding hydrogens is 136 g/mol. The summed E-state index contributed by atoms with van der Waals surface area (Å²) in [6, 6.07) is 10.1. The molecule has 1 nitrogen and oxygen atoms in total. The zero-order valence-corrected chi connectivity index (χ0v) is 6.99. The topological polar surface area (TPSA) is 20.2 Å². The molecule has 0 saturated heterocycles. The average Bonchev–Trinajstić information content (AvgIpc) is 2.05. The van der Waals surface area contributed by atoms with Crippen LogP contribution in [-0.2, 0) is 0 Å². The Labute approximate surface area is 67.7 Å². The Morgan fingerprint density at radius 3 is 2.09 bits per heavy atom. The second-order valence-corrected chi connectivity index (χ2v) is 2.94. The molecule has 0 heterocycles. The van der Waals surface area contributed by atoms with Gasteiger partial charge in [0.05, 0.1) is 6.10 Å². The van der Waals surface area contributed by atoms with Crippen LogP contribution in [0.4, 0.5) is 0 Å².